The molecule has 9 heteroatoms. The lowest BCUT2D eigenvalue weighted by molar-refractivity contribution is -0.147. The highest BCUT2D eigenvalue weighted by atomic mass is 19.4. The second-order valence-corrected chi connectivity index (χ2v) is 5.81. The van der Waals surface area contributed by atoms with Gasteiger partial charge in [-0.25, -0.2) is 4.98 Å². The molecule has 0 fully saturated rings. The fourth-order valence-corrected chi connectivity index (χ4v) is 2.63. The third-order valence-corrected chi connectivity index (χ3v) is 3.70. The van der Waals surface area contributed by atoms with Crippen molar-refractivity contribution in [2.24, 2.45) is 0 Å². The first kappa shape index (κ1) is 18.8. The van der Waals surface area contributed by atoms with Gasteiger partial charge in [0.15, 0.2) is 0 Å². The molecule has 1 amide bonds. The molecule has 0 aliphatic carbocycles. The quantitative estimate of drug-likeness (QED) is 0.892. The number of likely N-dealkylation sites (N-methyl/N-ethyl adjacent to an activating group) is 1. The van der Waals surface area contributed by atoms with Crippen LogP contribution in [0.1, 0.15) is 43.0 Å². The first-order valence-electron chi connectivity index (χ1n) is 7.66. The Hall–Kier alpha value is -2.58. The van der Waals surface area contributed by atoms with E-state index in [2.05, 4.69) is 4.98 Å². The van der Waals surface area contributed by atoms with E-state index < -0.39 is 36.5 Å². The molecule has 0 radical (unpaired) electrons. The Balaban J connectivity index is 2.53. The number of carbonyl (C=O) groups excluding carboxylic acids is 1. The van der Waals surface area contributed by atoms with Gasteiger partial charge in [-0.05, 0) is 39.0 Å². The molecule has 1 heterocycles. The van der Waals surface area contributed by atoms with Gasteiger partial charge in [0.2, 0.25) is 5.82 Å². The molecule has 0 atom stereocenters. The summed E-state index contributed by atoms with van der Waals surface area (Å²) in [5.74, 6) is -2.76. The molecule has 6 nitrogen and oxygen atoms in total. The lowest BCUT2D eigenvalue weighted by Gasteiger charge is -2.18. The molecule has 1 aromatic heterocycles. The Morgan fingerprint density at radius 1 is 1.32 bits per heavy atom. The van der Waals surface area contributed by atoms with E-state index in [0.29, 0.717) is 0 Å². The topological polar surface area (TPSA) is 75.4 Å². The smallest absolute Gasteiger partial charge is 0.449 e. The number of aliphatic carboxylic acids is 1. The minimum Gasteiger partial charge on any atom is -0.480 e. The number of halogens is 3. The number of hydrogen-bond acceptors (Lipinski definition) is 3. The van der Waals surface area contributed by atoms with Gasteiger partial charge in [0.05, 0.1) is 11.0 Å². The van der Waals surface area contributed by atoms with Crippen LogP contribution in [-0.4, -0.2) is 44.5 Å². The van der Waals surface area contributed by atoms with Crippen molar-refractivity contribution in [1.29, 1.82) is 0 Å². The average molecular weight is 357 g/mol. The third-order valence-electron chi connectivity index (χ3n) is 3.70. The zero-order valence-electron chi connectivity index (χ0n) is 14.0. The molecule has 0 saturated heterocycles. The normalized spacial score (nSPS) is 12.0. The number of aromatic nitrogens is 2. The van der Waals surface area contributed by atoms with Gasteiger partial charge in [-0.2, -0.15) is 13.2 Å². The molecule has 25 heavy (non-hydrogen) atoms. The largest absolute Gasteiger partial charge is 0.480 e. The van der Waals surface area contributed by atoms with E-state index in [-0.39, 0.29) is 23.1 Å². The number of carboxylic acids is 1. The first-order valence-corrected chi connectivity index (χ1v) is 7.66. The van der Waals surface area contributed by atoms with E-state index in [9.17, 15) is 22.8 Å². The fraction of sp³-hybridized carbons (Fsp3) is 0.438. The van der Waals surface area contributed by atoms with Crippen molar-refractivity contribution in [2.75, 3.05) is 13.1 Å². The van der Waals surface area contributed by atoms with E-state index in [1.165, 1.54) is 18.2 Å². The zero-order chi connectivity index (χ0) is 18.9. The van der Waals surface area contributed by atoms with Crippen molar-refractivity contribution in [3.8, 4) is 0 Å². The van der Waals surface area contributed by atoms with Crippen molar-refractivity contribution in [3.05, 3.63) is 29.6 Å². The molecule has 0 saturated carbocycles. The molecule has 0 unspecified atom stereocenters. The van der Waals surface area contributed by atoms with Crippen LogP contribution in [0.3, 0.4) is 0 Å². The fourth-order valence-electron chi connectivity index (χ4n) is 2.63. The number of nitrogens with zero attached hydrogens (tertiary/aromatic N) is 3. The van der Waals surface area contributed by atoms with Crippen molar-refractivity contribution < 1.29 is 27.9 Å². The SMILES string of the molecule is CCN(CC(=O)O)C(=O)c1ccc2c(c1)nc(C(F)(F)F)n2C(C)C. The van der Waals surface area contributed by atoms with E-state index in [4.69, 9.17) is 5.11 Å². The van der Waals surface area contributed by atoms with Crippen molar-refractivity contribution >= 4 is 22.9 Å². The highest BCUT2D eigenvalue weighted by molar-refractivity contribution is 5.98. The predicted octanol–water partition coefficient (Wildman–Crippen LogP) is 3.18. The van der Waals surface area contributed by atoms with E-state index in [1.54, 1.807) is 20.8 Å². The summed E-state index contributed by atoms with van der Waals surface area (Å²) in [6.45, 7) is 4.52. The summed E-state index contributed by atoms with van der Waals surface area (Å²) in [4.78, 5) is 27.9. The summed E-state index contributed by atoms with van der Waals surface area (Å²) in [7, 11) is 0. The third kappa shape index (κ3) is 3.75. The van der Waals surface area contributed by atoms with Crippen molar-refractivity contribution in [1.82, 2.24) is 14.5 Å². The van der Waals surface area contributed by atoms with Crippen LogP contribution in [0, 0.1) is 0 Å². The maximum absolute atomic E-state index is 13.2. The highest BCUT2D eigenvalue weighted by Crippen LogP contribution is 2.34. The molecule has 2 rings (SSSR count). The Labute approximate surface area is 141 Å². The molecular weight excluding hydrogens is 339 g/mol. The van der Waals surface area contributed by atoms with Gasteiger partial charge >= 0.3 is 12.1 Å². The molecule has 0 aliphatic rings. The number of benzene rings is 1. The molecule has 2 aromatic rings. The molecule has 1 N–H and O–H groups in total. The minimum atomic E-state index is -4.62. The first-order chi connectivity index (χ1) is 11.6. The monoisotopic (exact) mass is 357 g/mol. The predicted molar refractivity (Wildman–Crippen MR) is 84.3 cm³/mol. The van der Waals surface area contributed by atoms with Crippen LogP contribution in [0.4, 0.5) is 13.2 Å². The van der Waals surface area contributed by atoms with E-state index >= 15 is 0 Å². The van der Waals surface area contributed by atoms with Gasteiger partial charge in [-0.3, -0.25) is 9.59 Å². The molecule has 0 bridgehead atoms. The number of fused-ring (bicyclic) bond motifs is 1. The summed E-state index contributed by atoms with van der Waals surface area (Å²) in [5, 5.41) is 8.84. The number of carbonyl (C=O) groups is 2. The van der Waals surface area contributed by atoms with Crippen LogP contribution in [0.2, 0.25) is 0 Å². The lowest BCUT2D eigenvalue weighted by atomic mass is 10.1. The summed E-state index contributed by atoms with van der Waals surface area (Å²) >= 11 is 0. The Kier molecular flexibility index (Phi) is 5.05. The summed E-state index contributed by atoms with van der Waals surface area (Å²) in [6, 6.07) is 3.58. The second kappa shape index (κ2) is 6.73. The Morgan fingerprint density at radius 2 is 1.96 bits per heavy atom. The van der Waals surface area contributed by atoms with Crippen LogP contribution in [0.15, 0.2) is 18.2 Å². The molecule has 136 valence electrons. The van der Waals surface area contributed by atoms with Crippen LogP contribution in [0.5, 0.6) is 0 Å². The minimum absolute atomic E-state index is 0.0400. The number of rotatable bonds is 5. The average Bonchev–Trinajstić information content (AvgIpc) is 2.90. The van der Waals surface area contributed by atoms with Crippen LogP contribution in [0.25, 0.3) is 11.0 Å². The zero-order valence-corrected chi connectivity index (χ0v) is 14.0. The van der Waals surface area contributed by atoms with Gasteiger partial charge < -0.3 is 14.6 Å². The number of amides is 1. The van der Waals surface area contributed by atoms with Gasteiger partial charge in [-0.15, -0.1) is 0 Å². The summed E-state index contributed by atoms with van der Waals surface area (Å²) < 4.78 is 40.7. The Morgan fingerprint density at radius 3 is 2.44 bits per heavy atom. The number of imidazole rings is 1. The van der Waals surface area contributed by atoms with Gasteiger partial charge in [0.1, 0.15) is 6.54 Å². The summed E-state index contributed by atoms with van der Waals surface area (Å²) in [5.41, 5.74) is 0.399. The number of carboxylic acid groups (broad SMARTS) is 1. The van der Waals surface area contributed by atoms with E-state index in [1.807, 2.05) is 0 Å². The van der Waals surface area contributed by atoms with Gasteiger partial charge in [0.25, 0.3) is 5.91 Å². The van der Waals surface area contributed by atoms with Crippen molar-refractivity contribution in [2.45, 2.75) is 33.0 Å². The Bertz CT molecular complexity index is 812. The number of alkyl halides is 3. The number of hydrogen-bond donors (Lipinski definition) is 1. The van der Waals surface area contributed by atoms with Crippen LogP contribution < -0.4 is 0 Å². The maximum atomic E-state index is 13.2. The van der Waals surface area contributed by atoms with E-state index in [0.717, 1.165) is 9.47 Å². The molecule has 0 spiro atoms. The van der Waals surface area contributed by atoms with Crippen LogP contribution >= 0.6 is 0 Å². The summed E-state index contributed by atoms with van der Waals surface area (Å²) in [6.07, 6.45) is -4.62. The molecular formula is C16H18F3N3O3. The standard InChI is InChI=1S/C16H18F3N3O3/c1-4-21(8-13(23)24)14(25)10-5-6-12-11(7-10)20-15(16(17,18)19)22(12)9(2)3/h5-7,9H,4,8H2,1-3H3,(H,23,24). The maximum Gasteiger partial charge on any atom is 0.449 e. The van der Waals surface area contributed by atoms with Gasteiger partial charge in [-0.1, -0.05) is 0 Å². The second-order valence-electron chi connectivity index (χ2n) is 5.81. The van der Waals surface area contributed by atoms with Crippen LogP contribution in [-0.2, 0) is 11.0 Å². The molecule has 1 aromatic carbocycles. The van der Waals surface area contributed by atoms with Gasteiger partial charge in [0, 0.05) is 18.2 Å². The highest BCUT2D eigenvalue weighted by Gasteiger charge is 2.38. The molecule has 0 aliphatic heterocycles. The van der Waals surface area contributed by atoms with Crippen molar-refractivity contribution in [3.63, 3.8) is 0 Å². The lowest BCUT2D eigenvalue weighted by Crippen LogP contribution is -2.35.